The number of nitrogens with zero attached hydrogens (tertiary/aromatic N) is 2. The molecule has 5 heteroatoms. The van der Waals surface area contributed by atoms with Crippen LogP contribution in [0.2, 0.25) is 0 Å². The molecule has 1 saturated heterocycles. The molecule has 5 nitrogen and oxygen atoms in total. The number of likely N-dealkylation sites (tertiary alicyclic amines) is 1. The fourth-order valence-electron chi connectivity index (χ4n) is 3.71. The summed E-state index contributed by atoms with van der Waals surface area (Å²) in [6.45, 7) is 12.2. The van der Waals surface area contributed by atoms with Gasteiger partial charge in [0.05, 0.1) is 6.54 Å². The summed E-state index contributed by atoms with van der Waals surface area (Å²) in [5.74, 6) is 1.31. The van der Waals surface area contributed by atoms with Crippen LogP contribution in [0.15, 0.2) is 24.3 Å². The fourth-order valence-corrected chi connectivity index (χ4v) is 3.71. The maximum atomic E-state index is 12.3. The van der Waals surface area contributed by atoms with Crippen LogP contribution in [0.1, 0.15) is 44.5 Å². The number of anilines is 1. The lowest BCUT2D eigenvalue weighted by atomic mass is 9.92. The lowest BCUT2D eigenvalue weighted by Crippen LogP contribution is -2.42. The molecule has 2 atom stereocenters. The number of hydrogen-bond acceptors (Lipinski definition) is 3. The van der Waals surface area contributed by atoms with Gasteiger partial charge in [0, 0.05) is 37.4 Å². The van der Waals surface area contributed by atoms with E-state index in [1.807, 2.05) is 13.8 Å². The fraction of sp³-hybridized carbons (Fsp3) is 0.600. The van der Waals surface area contributed by atoms with Crippen LogP contribution in [0.4, 0.5) is 5.69 Å². The van der Waals surface area contributed by atoms with E-state index in [-0.39, 0.29) is 11.8 Å². The molecule has 1 aromatic rings. The summed E-state index contributed by atoms with van der Waals surface area (Å²) in [5, 5.41) is 2.94. The number of amides is 2. The lowest BCUT2D eigenvalue weighted by molar-refractivity contribution is -0.117. The normalized spacial score (nSPS) is 21.0. The molecule has 0 spiro atoms. The van der Waals surface area contributed by atoms with Gasteiger partial charge < -0.3 is 10.2 Å². The Morgan fingerprint density at radius 2 is 1.64 bits per heavy atom. The minimum absolute atomic E-state index is 0.00381. The van der Waals surface area contributed by atoms with Crippen molar-refractivity contribution in [2.24, 2.45) is 11.8 Å². The molecule has 2 rings (SSSR count). The summed E-state index contributed by atoms with van der Waals surface area (Å²) in [7, 11) is 0. The first-order chi connectivity index (χ1) is 11.9. The van der Waals surface area contributed by atoms with Gasteiger partial charge in [-0.05, 0) is 56.4 Å². The van der Waals surface area contributed by atoms with Gasteiger partial charge >= 0.3 is 0 Å². The molecule has 0 unspecified atom stereocenters. The zero-order valence-electron chi connectivity index (χ0n) is 15.9. The van der Waals surface area contributed by atoms with Crippen LogP contribution in [-0.2, 0) is 4.79 Å². The van der Waals surface area contributed by atoms with Gasteiger partial charge in [0.15, 0.2) is 0 Å². The number of nitrogens with one attached hydrogen (secondary N) is 1. The standard InChI is InChI=1S/C20H31N3O2/c1-5-23(6-2)20(25)17-7-9-18(10-8-17)21-19(24)14-22-12-15(3)11-16(4)13-22/h7-10,15-16H,5-6,11-14H2,1-4H3,(H,21,24)/t15-,16-/m1/s1. The van der Waals surface area contributed by atoms with Crippen LogP contribution in [0.25, 0.3) is 0 Å². The van der Waals surface area contributed by atoms with Crippen LogP contribution >= 0.6 is 0 Å². The van der Waals surface area contributed by atoms with Gasteiger partial charge in [0.2, 0.25) is 5.91 Å². The van der Waals surface area contributed by atoms with E-state index >= 15 is 0 Å². The molecule has 0 saturated carbocycles. The van der Waals surface area contributed by atoms with Crippen LogP contribution in [0.5, 0.6) is 0 Å². The van der Waals surface area contributed by atoms with Crippen molar-refractivity contribution in [1.82, 2.24) is 9.80 Å². The Hall–Kier alpha value is -1.88. The van der Waals surface area contributed by atoms with E-state index in [9.17, 15) is 9.59 Å². The summed E-state index contributed by atoms with van der Waals surface area (Å²) >= 11 is 0. The maximum absolute atomic E-state index is 12.3. The molecule has 1 N–H and O–H groups in total. The largest absolute Gasteiger partial charge is 0.339 e. The number of carbonyl (C=O) groups is 2. The second kappa shape index (κ2) is 8.99. The minimum Gasteiger partial charge on any atom is -0.339 e. The van der Waals surface area contributed by atoms with Gasteiger partial charge in [-0.25, -0.2) is 0 Å². The molecule has 0 aromatic heterocycles. The predicted molar refractivity (Wildman–Crippen MR) is 102 cm³/mol. The third-order valence-corrected chi connectivity index (χ3v) is 4.78. The Labute approximate surface area is 151 Å². The van der Waals surface area contributed by atoms with Gasteiger partial charge in [-0.3, -0.25) is 14.5 Å². The maximum Gasteiger partial charge on any atom is 0.253 e. The van der Waals surface area contributed by atoms with E-state index in [0.717, 1.165) is 18.8 Å². The third-order valence-electron chi connectivity index (χ3n) is 4.78. The zero-order valence-corrected chi connectivity index (χ0v) is 15.9. The Balaban J connectivity index is 1.90. The van der Waals surface area contributed by atoms with E-state index in [4.69, 9.17) is 0 Å². The first-order valence-corrected chi connectivity index (χ1v) is 9.34. The van der Waals surface area contributed by atoms with Gasteiger partial charge in [0.25, 0.3) is 5.91 Å². The van der Waals surface area contributed by atoms with Crippen molar-refractivity contribution in [1.29, 1.82) is 0 Å². The molecule has 138 valence electrons. The molecule has 2 amide bonds. The average Bonchev–Trinajstić information content (AvgIpc) is 2.55. The van der Waals surface area contributed by atoms with E-state index < -0.39 is 0 Å². The van der Waals surface area contributed by atoms with Crippen molar-refractivity contribution in [3.63, 3.8) is 0 Å². The second-order valence-corrected chi connectivity index (χ2v) is 7.24. The van der Waals surface area contributed by atoms with Crippen molar-refractivity contribution in [3.8, 4) is 0 Å². The summed E-state index contributed by atoms with van der Waals surface area (Å²) in [4.78, 5) is 28.6. The SMILES string of the molecule is CCN(CC)C(=O)c1ccc(NC(=O)CN2C[C@H](C)C[C@@H](C)C2)cc1. The number of benzene rings is 1. The molecule has 1 heterocycles. The Morgan fingerprint density at radius 1 is 1.08 bits per heavy atom. The molecule has 0 bridgehead atoms. The van der Waals surface area contributed by atoms with Gasteiger partial charge in [-0.2, -0.15) is 0 Å². The van der Waals surface area contributed by atoms with Crippen molar-refractivity contribution in [3.05, 3.63) is 29.8 Å². The molecule has 0 radical (unpaired) electrons. The highest BCUT2D eigenvalue weighted by atomic mass is 16.2. The molecule has 1 aliphatic rings. The van der Waals surface area contributed by atoms with Crippen molar-refractivity contribution in [2.45, 2.75) is 34.1 Å². The summed E-state index contributed by atoms with van der Waals surface area (Å²) < 4.78 is 0. The summed E-state index contributed by atoms with van der Waals surface area (Å²) in [6, 6.07) is 7.16. The van der Waals surface area contributed by atoms with E-state index in [1.165, 1.54) is 6.42 Å². The molecule has 1 aromatic carbocycles. The smallest absolute Gasteiger partial charge is 0.253 e. The van der Waals surface area contributed by atoms with Crippen molar-refractivity contribution >= 4 is 17.5 Å². The monoisotopic (exact) mass is 345 g/mol. The molecule has 1 aliphatic heterocycles. The topological polar surface area (TPSA) is 52.7 Å². The number of carbonyl (C=O) groups excluding carboxylic acids is 2. The number of hydrogen-bond donors (Lipinski definition) is 1. The van der Waals surface area contributed by atoms with Gasteiger partial charge in [-0.15, -0.1) is 0 Å². The number of rotatable bonds is 6. The summed E-state index contributed by atoms with van der Waals surface area (Å²) in [6.07, 6.45) is 1.24. The van der Waals surface area contributed by atoms with Crippen LogP contribution < -0.4 is 5.32 Å². The average molecular weight is 345 g/mol. The lowest BCUT2D eigenvalue weighted by Gasteiger charge is -2.34. The van der Waals surface area contributed by atoms with E-state index in [0.29, 0.717) is 37.0 Å². The first-order valence-electron chi connectivity index (χ1n) is 9.34. The second-order valence-electron chi connectivity index (χ2n) is 7.24. The first kappa shape index (κ1) is 19.4. The van der Waals surface area contributed by atoms with E-state index in [2.05, 4.69) is 24.1 Å². The van der Waals surface area contributed by atoms with Crippen LogP contribution in [0.3, 0.4) is 0 Å². The third kappa shape index (κ3) is 5.56. The van der Waals surface area contributed by atoms with Crippen LogP contribution in [0, 0.1) is 11.8 Å². The van der Waals surface area contributed by atoms with Gasteiger partial charge in [0.1, 0.15) is 0 Å². The highest BCUT2D eigenvalue weighted by molar-refractivity contribution is 5.96. The molecule has 0 aliphatic carbocycles. The molecular weight excluding hydrogens is 314 g/mol. The van der Waals surface area contributed by atoms with Gasteiger partial charge in [-0.1, -0.05) is 13.8 Å². The van der Waals surface area contributed by atoms with Crippen molar-refractivity contribution < 1.29 is 9.59 Å². The number of piperidine rings is 1. The zero-order chi connectivity index (χ0) is 18.4. The van der Waals surface area contributed by atoms with Crippen molar-refractivity contribution in [2.75, 3.05) is 38.0 Å². The summed E-state index contributed by atoms with van der Waals surface area (Å²) in [5.41, 5.74) is 1.39. The highest BCUT2D eigenvalue weighted by Gasteiger charge is 2.23. The highest BCUT2D eigenvalue weighted by Crippen LogP contribution is 2.20. The molecular formula is C20H31N3O2. The molecule has 1 fully saturated rings. The minimum atomic E-state index is 0.00381. The Morgan fingerprint density at radius 3 is 2.16 bits per heavy atom. The quantitative estimate of drug-likeness (QED) is 0.862. The van der Waals surface area contributed by atoms with Crippen LogP contribution in [-0.4, -0.2) is 54.3 Å². The predicted octanol–water partition coefficient (Wildman–Crippen LogP) is 3.09. The van der Waals surface area contributed by atoms with E-state index in [1.54, 1.807) is 29.2 Å². The Bertz CT molecular complexity index is 571. The molecule has 25 heavy (non-hydrogen) atoms. The Kier molecular flexibility index (Phi) is 7.00.